The third-order valence-corrected chi connectivity index (χ3v) is 3.24. The smallest absolute Gasteiger partial charge is 0.371 e. The van der Waals surface area contributed by atoms with Gasteiger partial charge in [0.15, 0.2) is 0 Å². The molecule has 6 nitrogen and oxygen atoms in total. The number of ether oxygens (including phenoxy) is 1. The third-order valence-electron chi connectivity index (χ3n) is 3.24. The fraction of sp³-hybridized carbons (Fsp3) is 0.200. The highest BCUT2D eigenvalue weighted by Gasteiger charge is 2.18. The number of fused-ring (bicyclic) bond motifs is 1. The lowest BCUT2D eigenvalue weighted by molar-refractivity contribution is -0.116. The highest BCUT2D eigenvalue weighted by Crippen LogP contribution is 2.32. The van der Waals surface area contributed by atoms with E-state index in [1.807, 2.05) is 12.1 Å². The van der Waals surface area contributed by atoms with Crippen LogP contribution in [-0.2, 0) is 17.8 Å². The molecule has 21 heavy (non-hydrogen) atoms. The number of benzene rings is 1. The van der Waals surface area contributed by atoms with Crippen LogP contribution in [0.2, 0.25) is 0 Å². The maximum absolute atomic E-state index is 11.5. The van der Waals surface area contributed by atoms with Gasteiger partial charge < -0.3 is 19.6 Å². The average Bonchev–Trinajstić information content (AvgIpc) is 2.94. The van der Waals surface area contributed by atoms with Gasteiger partial charge in [-0.25, -0.2) is 4.79 Å². The van der Waals surface area contributed by atoms with Crippen molar-refractivity contribution in [1.82, 2.24) is 0 Å². The van der Waals surface area contributed by atoms with Gasteiger partial charge in [-0.05, 0) is 30.2 Å². The summed E-state index contributed by atoms with van der Waals surface area (Å²) in [6.45, 7) is 0.0968. The molecule has 0 unspecified atom stereocenters. The Morgan fingerprint density at radius 1 is 1.29 bits per heavy atom. The van der Waals surface area contributed by atoms with E-state index in [-0.39, 0.29) is 18.3 Å². The molecule has 2 N–H and O–H groups in total. The van der Waals surface area contributed by atoms with Gasteiger partial charge in [0.1, 0.15) is 18.1 Å². The number of furan rings is 1. The van der Waals surface area contributed by atoms with Gasteiger partial charge >= 0.3 is 5.97 Å². The zero-order chi connectivity index (χ0) is 14.8. The molecule has 0 aliphatic carbocycles. The monoisotopic (exact) mass is 287 g/mol. The molecule has 0 atom stereocenters. The van der Waals surface area contributed by atoms with Gasteiger partial charge in [0.2, 0.25) is 11.7 Å². The lowest BCUT2D eigenvalue weighted by Crippen LogP contribution is -2.19. The Morgan fingerprint density at radius 3 is 2.90 bits per heavy atom. The Bertz CT molecular complexity index is 704. The first-order valence-electron chi connectivity index (χ1n) is 6.50. The lowest BCUT2D eigenvalue weighted by atomic mass is 10.0. The van der Waals surface area contributed by atoms with Crippen LogP contribution in [0.3, 0.4) is 0 Å². The first-order valence-corrected chi connectivity index (χ1v) is 6.50. The number of carbonyl (C=O) groups excluding carboxylic acids is 1. The van der Waals surface area contributed by atoms with Crippen LogP contribution in [0.1, 0.15) is 28.3 Å². The number of anilines is 1. The minimum absolute atomic E-state index is 0.0373. The van der Waals surface area contributed by atoms with Crippen LogP contribution >= 0.6 is 0 Å². The molecule has 0 spiro atoms. The lowest BCUT2D eigenvalue weighted by Gasteiger charge is -2.19. The van der Waals surface area contributed by atoms with E-state index in [1.54, 1.807) is 12.1 Å². The summed E-state index contributed by atoms with van der Waals surface area (Å²) in [5.41, 5.74) is 1.71. The van der Waals surface area contributed by atoms with Crippen molar-refractivity contribution >= 4 is 17.6 Å². The fourth-order valence-electron chi connectivity index (χ4n) is 2.22. The van der Waals surface area contributed by atoms with Crippen molar-refractivity contribution < 1.29 is 23.8 Å². The van der Waals surface area contributed by atoms with E-state index in [0.717, 1.165) is 5.56 Å². The number of rotatable bonds is 4. The predicted octanol–water partition coefficient (Wildman–Crippen LogP) is 2.44. The van der Waals surface area contributed by atoms with Crippen molar-refractivity contribution in [2.75, 3.05) is 5.32 Å². The first-order chi connectivity index (χ1) is 10.1. The predicted molar refractivity (Wildman–Crippen MR) is 73.4 cm³/mol. The molecule has 1 aliphatic heterocycles. The molecular formula is C15H13NO5. The number of aryl methyl sites for hydroxylation is 1. The van der Waals surface area contributed by atoms with Gasteiger partial charge in [-0.15, -0.1) is 0 Å². The van der Waals surface area contributed by atoms with Gasteiger partial charge in [-0.2, -0.15) is 0 Å². The van der Waals surface area contributed by atoms with E-state index in [4.69, 9.17) is 14.3 Å². The van der Waals surface area contributed by atoms with Crippen molar-refractivity contribution in [3.63, 3.8) is 0 Å². The van der Waals surface area contributed by atoms with E-state index < -0.39 is 5.97 Å². The van der Waals surface area contributed by atoms with Crippen molar-refractivity contribution in [3.8, 4) is 5.75 Å². The number of aromatic carboxylic acids is 1. The third kappa shape index (κ3) is 2.74. The summed E-state index contributed by atoms with van der Waals surface area (Å²) < 4.78 is 10.8. The van der Waals surface area contributed by atoms with E-state index in [0.29, 0.717) is 30.0 Å². The second kappa shape index (κ2) is 5.32. The zero-order valence-electron chi connectivity index (χ0n) is 11.1. The van der Waals surface area contributed by atoms with E-state index in [2.05, 4.69) is 5.32 Å². The van der Waals surface area contributed by atoms with Crippen LogP contribution in [0.15, 0.2) is 34.7 Å². The molecule has 0 saturated carbocycles. The van der Waals surface area contributed by atoms with Crippen molar-refractivity contribution in [3.05, 3.63) is 47.4 Å². The Balaban J connectivity index is 1.76. The Labute approximate surface area is 120 Å². The quantitative estimate of drug-likeness (QED) is 0.901. The maximum atomic E-state index is 11.5. The molecule has 1 aromatic carbocycles. The number of amides is 1. The molecule has 0 radical (unpaired) electrons. The molecule has 3 rings (SSSR count). The summed E-state index contributed by atoms with van der Waals surface area (Å²) in [6.07, 6.45) is 1.15. The van der Waals surface area contributed by atoms with Crippen LogP contribution in [0.25, 0.3) is 0 Å². The number of hydrogen-bond acceptors (Lipinski definition) is 4. The molecule has 1 aliphatic rings. The number of hydrogen-bond donors (Lipinski definition) is 2. The summed E-state index contributed by atoms with van der Waals surface area (Å²) in [7, 11) is 0. The molecule has 108 valence electrons. The topological polar surface area (TPSA) is 88.8 Å². The summed E-state index contributed by atoms with van der Waals surface area (Å²) in [6, 6.07) is 8.49. The molecular weight excluding hydrogens is 274 g/mol. The first kappa shape index (κ1) is 13.2. The summed E-state index contributed by atoms with van der Waals surface area (Å²) in [5, 5.41) is 11.6. The fourth-order valence-corrected chi connectivity index (χ4v) is 2.22. The molecule has 0 saturated heterocycles. The van der Waals surface area contributed by atoms with Gasteiger partial charge in [0, 0.05) is 6.42 Å². The van der Waals surface area contributed by atoms with E-state index in [1.165, 1.54) is 6.07 Å². The number of carboxylic acid groups (broad SMARTS) is 1. The summed E-state index contributed by atoms with van der Waals surface area (Å²) in [4.78, 5) is 22.2. The number of para-hydroxylation sites is 1. The largest absolute Gasteiger partial charge is 0.483 e. The average molecular weight is 287 g/mol. The van der Waals surface area contributed by atoms with Crippen LogP contribution < -0.4 is 10.1 Å². The summed E-state index contributed by atoms with van der Waals surface area (Å²) in [5.74, 6) is -0.326. The number of nitrogens with one attached hydrogen (secondary N) is 1. The van der Waals surface area contributed by atoms with Crippen LogP contribution in [0, 0.1) is 0 Å². The second-order valence-corrected chi connectivity index (χ2v) is 4.70. The van der Waals surface area contributed by atoms with E-state index >= 15 is 0 Å². The van der Waals surface area contributed by atoms with Crippen LogP contribution in [0.5, 0.6) is 5.75 Å². The molecule has 1 amide bonds. The zero-order valence-corrected chi connectivity index (χ0v) is 11.1. The van der Waals surface area contributed by atoms with Crippen molar-refractivity contribution in [2.24, 2.45) is 0 Å². The van der Waals surface area contributed by atoms with Gasteiger partial charge in [-0.1, -0.05) is 12.1 Å². The highest BCUT2D eigenvalue weighted by atomic mass is 16.5. The SMILES string of the molecule is O=C1CCc2cccc(OCc3ccc(C(=O)O)o3)c2N1. The Kier molecular flexibility index (Phi) is 3.35. The van der Waals surface area contributed by atoms with Gasteiger partial charge in [0.05, 0.1) is 5.69 Å². The van der Waals surface area contributed by atoms with Crippen molar-refractivity contribution in [2.45, 2.75) is 19.4 Å². The van der Waals surface area contributed by atoms with Crippen LogP contribution in [-0.4, -0.2) is 17.0 Å². The second-order valence-electron chi connectivity index (χ2n) is 4.70. The minimum Gasteiger partial charge on any atom is -0.483 e. The summed E-state index contributed by atoms with van der Waals surface area (Å²) >= 11 is 0. The molecule has 2 aromatic rings. The van der Waals surface area contributed by atoms with Gasteiger partial charge in [-0.3, -0.25) is 4.79 Å². The maximum Gasteiger partial charge on any atom is 0.371 e. The molecule has 6 heteroatoms. The Morgan fingerprint density at radius 2 is 2.14 bits per heavy atom. The molecule has 1 aromatic heterocycles. The molecule has 0 fully saturated rings. The number of carbonyl (C=O) groups is 2. The van der Waals surface area contributed by atoms with Gasteiger partial charge in [0.25, 0.3) is 0 Å². The standard InChI is InChI=1S/C15H13NO5/c17-13-7-4-9-2-1-3-11(14(9)16-13)20-8-10-5-6-12(21-10)15(18)19/h1-3,5-6H,4,7-8H2,(H,16,17)(H,18,19). The normalized spacial score (nSPS) is 13.4. The molecule has 0 bridgehead atoms. The van der Waals surface area contributed by atoms with E-state index in [9.17, 15) is 9.59 Å². The minimum atomic E-state index is -1.12. The number of carboxylic acids is 1. The van der Waals surface area contributed by atoms with Crippen LogP contribution in [0.4, 0.5) is 5.69 Å². The Hall–Kier alpha value is -2.76. The molecule has 2 heterocycles. The highest BCUT2D eigenvalue weighted by molar-refractivity contribution is 5.95. The van der Waals surface area contributed by atoms with Crippen molar-refractivity contribution in [1.29, 1.82) is 0 Å².